The van der Waals surface area contributed by atoms with E-state index in [-0.39, 0.29) is 11.9 Å². The quantitative estimate of drug-likeness (QED) is 0.797. The van der Waals surface area contributed by atoms with E-state index < -0.39 is 0 Å². The van der Waals surface area contributed by atoms with Gasteiger partial charge < -0.3 is 9.84 Å². The molecule has 2 unspecified atom stereocenters. The lowest BCUT2D eigenvalue weighted by Crippen LogP contribution is -2.46. The summed E-state index contributed by atoms with van der Waals surface area (Å²) in [6.07, 6.45) is 6.15. The van der Waals surface area contributed by atoms with E-state index in [1.165, 1.54) is 24.8 Å². The maximum Gasteiger partial charge on any atom is 0.120 e. The summed E-state index contributed by atoms with van der Waals surface area (Å²) in [5.74, 6) is 1.11. The van der Waals surface area contributed by atoms with Crippen LogP contribution in [-0.2, 0) is 6.42 Å². The number of aromatic hydroxyl groups is 1. The highest BCUT2D eigenvalue weighted by Crippen LogP contribution is 2.23. The van der Waals surface area contributed by atoms with E-state index in [4.69, 9.17) is 4.74 Å². The molecule has 0 aliphatic carbocycles. The van der Waals surface area contributed by atoms with Gasteiger partial charge in [0.05, 0.1) is 0 Å². The van der Waals surface area contributed by atoms with Gasteiger partial charge in [0.2, 0.25) is 0 Å². The van der Waals surface area contributed by atoms with Crippen LogP contribution in [0.5, 0.6) is 11.5 Å². The molecular weight excluding hydrogens is 310 g/mol. The molecule has 0 spiro atoms. The molecule has 0 radical (unpaired) electrons. The molecule has 0 aromatic heterocycles. The number of rotatable bonds is 7. The Bertz CT molecular complexity index is 626. The molecule has 0 saturated carbocycles. The van der Waals surface area contributed by atoms with Crippen LogP contribution in [0.2, 0.25) is 0 Å². The van der Waals surface area contributed by atoms with Gasteiger partial charge in [0.25, 0.3) is 0 Å². The maximum absolute atomic E-state index is 9.42. The average Bonchev–Trinajstić information content (AvgIpc) is 2.65. The van der Waals surface area contributed by atoms with Crippen LogP contribution >= 0.6 is 0 Å². The molecule has 1 aliphatic heterocycles. The number of ether oxygens (including phenoxy) is 1. The molecule has 1 fully saturated rings. The highest BCUT2D eigenvalue weighted by atomic mass is 16.5. The van der Waals surface area contributed by atoms with Gasteiger partial charge in [-0.15, -0.1) is 0 Å². The van der Waals surface area contributed by atoms with Crippen LogP contribution in [0.15, 0.2) is 54.6 Å². The van der Waals surface area contributed by atoms with Gasteiger partial charge in [-0.05, 0) is 62.1 Å². The van der Waals surface area contributed by atoms with Gasteiger partial charge in [-0.25, -0.2) is 0 Å². The van der Waals surface area contributed by atoms with Crippen molar-refractivity contribution in [2.24, 2.45) is 0 Å². The average molecular weight is 339 g/mol. The van der Waals surface area contributed by atoms with E-state index in [0.29, 0.717) is 6.04 Å². The molecule has 1 N–H and O–H groups in total. The van der Waals surface area contributed by atoms with E-state index in [2.05, 4.69) is 42.2 Å². The number of piperidine rings is 1. The van der Waals surface area contributed by atoms with Crippen LogP contribution in [0.3, 0.4) is 0 Å². The number of likely N-dealkylation sites (tertiary alicyclic amines) is 1. The highest BCUT2D eigenvalue weighted by Gasteiger charge is 2.25. The smallest absolute Gasteiger partial charge is 0.120 e. The Kier molecular flexibility index (Phi) is 6.35. The summed E-state index contributed by atoms with van der Waals surface area (Å²) in [5, 5.41) is 9.42. The molecule has 1 saturated heterocycles. The Morgan fingerprint density at radius 3 is 2.56 bits per heavy atom. The van der Waals surface area contributed by atoms with Crippen molar-refractivity contribution in [1.29, 1.82) is 0 Å². The number of phenols is 1. The van der Waals surface area contributed by atoms with E-state index in [9.17, 15) is 5.11 Å². The number of nitrogens with zero attached hydrogens (tertiary/aromatic N) is 1. The molecule has 3 heteroatoms. The van der Waals surface area contributed by atoms with Crippen LogP contribution in [0, 0.1) is 0 Å². The second-order valence-electron chi connectivity index (χ2n) is 6.98. The van der Waals surface area contributed by atoms with Crippen LogP contribution in [0.4, 0.5) is 0 Å². The second-order valence-corrected chi connectivity index (χ2v) is 6.98. The Morgan fingerprint density at radius 2 is 1.84 bits per heavy atom. The van der Waals surface area contributed by atoms with Gasteiger partial charge in [-0.1, -0.05) is 43.7 Å². The van der Waals surface area contributed by atoms with Crippen molar-refractivity contribution in [1.82, 2.24) is 4.90 Å². The minimum Gasteiger partial charge on any atom is -0.508 e. The third kappa shape index (κ3) is 5.23. The van der Waals surface area contributed by atoms with Gasteiger partial charge in [0, 0.05) is 12.6 Å². The summed E-state index contributed by atoms with van der Waals surface area (Å²) >= 11 is 0. The predicted octanol–water partition coefficient (Wildman–Crippen LogP) is 4.65. The molecule has 3 rings (SSSR count). The Labute approximate surface area is 151 Å². The van der Waals surface area contributed by atoms with Crippen LogP contribution in [0.1, 0.15) is 38.2 Å². The van der Waals surface area contributed by atoms with Crippen LogP contribution in [0.25, 0.3) is 0 Å². The van der Waals surface area contributed by atoms with Crippen LogP contribution < -0.4 is 4.74 Å². The van der Waals surface area contributed by atoms with Gasteiger partial charge in [-0.2, -0.15) is 0 Å². The second kappa shape index (κ2) is 8.91. The van der Waals surface area contributed by atoms with E-state index in [1.54, 1.807) is 12.1 Å². The lowest BCUT2D eigenvalue weighted by Gasteiger charge is -2.38. The lowest BCUT2D eigenvalue weighted by atomic mass is 9.95. The van der Waals surface area contributed by atoms with Crippen molar-refractivity contribution >= 4 is 0 Å². The molecule has 134 valence electrons. The fraction of sp³-hybridized carbons (Fsp3) is 0.455. The van der Waals surface area contributed by atoms with Crippen molar-refractivity contribution in [2.45, 2.75) is 51.2 Å². The zero-order chi connectivity index (χ0) is 17.5. The van der Waals surface area contributed by atoms with Crippen LogP contribution in [-0.4, -0.2) is 35.2 Å². The van der Waals surface area contributed by atoms with E-state index >= 15 is 0 Å². The number of hydrogen-bond donors (Lipinski definition) is 1. The summed E-state index contributed by atoms with van der Waals surface area (Å²) in [4.78, 5) is 2.62. The topological polar surface area (TPSA) is 32.7 Å². The minimum absolute atomic E-state index is 0.181. The fourth-order valence-electron chi connectivity index (χ4n) is 3.65. The van der Waals surface area contributed by atoms with Gasteiger partial charge in [-0.3, -0.25) is 4.90 Å². The minimum atomic E-state index is 0.181. The number of phenolic OH excluding ortho intramolecular Hbond substituents is 1. The first kappa shape index (κ1) is 17.8. The third-order valence-electron chi connectivity index (χ3n) is 5.10. The molecule has 2 atom stereocenters. The summed E-state index contributed by atoms with van der Waals surface area (Å²) in [6.45, 7) is 4.31. The standard InChI is InChI=1S/C22H29NO2/c1-2-21(25-22-13-11-20(24)12-14-22)17-23-15-7-6-10-19(23)16-18-8-4-3-5-9-18/h3-5,8-9,11-14,19,21,24H,2,6-7,10,15-17H2,1H3. The van der Waals surface area contributed by atoms with Crippen molar-refractivity contribution in [2.75, 3.05) is 13.1 Å². The van der Waals surface area contributed by atoms with Crippen molar-refractivity contribution in [3.63, 3.8) is 0 Å². The fourth-order valence-corrected chi connectivity index (χ4v) is 3.65. The third-order valence-corrected chi connectivity index (χ3v) is 5.10. The molecule has 25 heavy (non-hydrogen) atoms. The van der Waals surface area contributed by atoms with Gasteiger partial charge >= 0.3 is 0 Å². The summed E-state index contributed by atoms with van der Waals surface area (Å²) in [7, 11) is 0. The Balaban J connectivity index is 1.61. The van der Waals surface area contributed by atoms with Gasteiger partial charge in [0.15, 0.2) is 0 Å². The van der Waals surface area contributed by atoms with Crippen molar-refractivity contribution in [3.8, 4) is 11.5 Å². The SMILES string of the molecule is CCC(CN1CCCCC1Cc1ccccc1)Oc1ccc(O)cc1. The monoisotopic (exact) mass is 339 g/mol. The zero-order valence-electron chi connectivity index (χ0n) is 15.1. The molecule has 1 aliphatic rings. The molecule has 3 nitrogen and oxygen atoms in total. The van der Waals surface area contributed by atoms with Crippen molar-refractivity contribution in [3.05, 3.63) is 60.2 Å². The first-order valence-electron chi connectivity index (χ1n) is 9.48. The van der Waals surface area contributed by atoms with E-state index in [0.717, 1.165) is 31.7 Å². The summed E-state index contributed by atoms with van der Waals surface area (Å²) in [5.41, 5.74) is 1.42. The summed E-state index contributed by atoms with van der Waals surface area (Å²) in [6, 6.07) is 18.5. The maximum atomic E-state index is 9.42. The lowest BCUT2D eigenvalue weighted by molar-refractivity contribution is 0.0781. The van der Waals surface area contributed by atoms with Gasteiger partial charge in [0.1, 0.15) is 17.6 Å². The number of hydrogen-bond acceptors (Lipinski definition) is 3. The molecule has 1 heterocycles. The predicted molar refractivity (Wildman–Crippen MR) is 102 cm³/mol. The highest BCUT2D eigenvalue weighted by molar-refractivity contribution is 5.30. The molecule has 0 amide bonds. The Morgan fingerprint density at radius 1 is 1.08 bits per heavy atom. The normalized spacial score (nSPS) is 19.5. The molecular formula is C22H29NO2. The first-order valence-corrected chi connectivity index (χ1v) is 9.48. The molecule has 2 aromatic carbocycles. The largest absolute Gasteiger partial charge is 0.508 e. The zero-order valence-corrected chi connectivity index (χ0v) is 15.1. The number of benzene rings is 2. The molecule has 2 aromatic rings. The van der Waals surface area contributed by atoms with E-state index in [1.807, 2.05) is 12.1 Å². The first-order chi connectivity index (χ1) is 12.2. The van der Waals surface area contributed by atoms with Crippen molar-refractivity contribution < 1.29 is 9.84 Å². The molecule has 0 bridgehead atoms. The summed E-state index contributed by atoms with van der Waals surface area (Å²) < 4.78 is 6.17. The Hall–Kier alpha value is -2.00.